The number of benzene rings is 1. The van der Waals surface area contributed by atoms with Crippen LogP contribution in [0.25, 0.3) is 0 Å². The van der Waals surface area contributed by atoms with E-state index in [4.69, 9.17) is 0 Å². The highest BCUT2D eigenvalue weighted by molar-refractivity contribution is 7.88. The fourth-order valence-electron chi connectivity index (χ4n) is 2.57. The summed E-state index contributed by atoms with van der Waals surface area (Å²) in [4.78, 5) is 32.4. The van der Waals surface area contributed by atoms with E-state index in [9.17, 15) is 33.4 Å². The van der Waals surface area contributed by atoms with Crippen LogP contribution in [0.1, 0.15) is 23.2 Å². The topological polar surface area (TPSA) is 153 Å². The second kappa shape index (κ2) is 7.11. The first kappa shape index (κ1) is 18.7. The van der Waals surface area contributed by atoms with Crippen LogP contribution in [0.4, 0.5) is 11.4 Å². The molecule has 2 rings (SSSR count). The summed E-state index contributed by atoms with van der Waals surface area (Å²) < 4.78 is 24.4. The molecule has 1 unspecified atom stereocenters. The number of hydrogen-bond donors (Lipinski definition) is 1. The maximum Gasteiger partial charge on any atom is 0.277 e. The Hall–Kier alpha value is -2.60. The van der Waals surface area contributed by atoms with E-state index in [2.05, 4.69) is 5.32 Å². The summed E-state index contributed by atoms with van der Waals surface area (Å²) in [5.74, 6) is -0.729. The van der Waals surface area contributed by atoms with Crippen LogP contribution in [0, 0.1) is 20.2 Å². The van der Waals surface area contributed by atoms with Gasteiger partial charge in [-0.1, -0.05) is 0 Å². The van der Waals surface area contributed by atoms with Crippen LogP contribution in [0.15, 0.2) is 18.2 Å². The van der Waals surface area contributed by atoms with E-state index >= 15 is 0 Å². The van der Waals surface area contributed by atoms with E-state index < -0.39 is 43.2 Å². The third-order valence-corrected chi connectivity index (χ3v) is 5.04. The van der Waals surface area contributed by atoms with Crippen LogP contribution < -0.4 is 5.32 Å². The molecular formula is C13H16N4O7S. The van der Waals surface area contributed by atoms with E-state index in [-0.39, 0.29) is 12.1 Å². The number of amides is 1. The number of carbonyl (C=O) groups is 1. The van der Waals surface area contributed by atoms with E-state index in [1.807, 2.05) is 0 Å². The smallest absolute Gasteiger partial charge is 0.277 e. The molecule has 1 aromatic carbocycles. The van der Waals surface area contributed by atoms with Crippen molar-refractivity contribution in [2.45, 2.75) is 18.9 Å². The zero-order chi connectivity index (χ0) is 18.8. The van der Waals surface area contributed by atoms with Crippen LogP contribution in [0.5, 0.6) is 0 Å². The number of rotatable bonds is 5. The van der Waals surface area contributed by atoms with Crippen molar-refractivity contribution >= 4 is 27.3 Å². The summed E-state index contributed by atoms with van der Waals surface area (Å²) >= 11 is 0. The highest BCUT2D eigenvalue weighted by Gasteiger charge is 2.28. The Balaban J connectivity index is 2.20. The lowest BCUT2D eigenvalue weighted by molar-refractivity contribution is -0.394. The third kappa shape index (κ3) is 4.70. The van der Waals surface area contributed by atoms with Crippen molar-refractivity contribution < 1.29 is 23.1 Å². The van der Waals surface area contributed by atoms with Crippen LogP contribution in [0.2, 0.25) is 0 Å². The average Bonchev–Trinajstić information content (AvgIpc) is 2.53. The standard InChI is InChI=1S/C13H16N4O7S/c1-25(23,24)15-4-2-3-10(8-15)14-13(18)9-5-11(16(19)20)7-12(6-9)17(21)22/h5-7,10H,2-4,8H2,1H3,(H,14,18). The Bertz CT molecular complexity index is 791. The second-order valence-electron chi connectivity index (χ2n) is 5.69. The summed E-state index contributed by atoms with van der Waals surface area (Å²) in [5.41, 5.74) is -1.36. The van der Waals surface area contributed by atoms with Crippen LogP contribution in [0.3, 0.4) is 0 Å². The van der Waals surface area contributed by atoms with E-state index in [0.29, 0.717) is 19.4 Å². The van der Waals surface area contributed by atoms with Crippen LogP contribution in [-0.2, 0) is 10.0 Å². The molecule has 25 heavy (non-hydrogen) atoms. The van der Waals surface area contributed by atoms with E-state index in [1.54, 1.807) is 0 Å². The minimum atomic E-state index is -3.39. The summed E-state index contributed by atoms with van der Waals surface area (Å²) in [6.45, 7) is 0.440. The van der Waals surface area contributed by atoms with Crippen molar-refractivity contribution in [2.75, 3.05) is 19.3 Å². The summed E-state index contributed by atoms with van der Waals surface area (Å²) in [5, 5.41) is 24.3. The lowest BCUT2D eigenvalue weighted by atomic mass is 10.1. The molecule has 0 aliphatic carbocycles. The quantitative estimate of drug-likeness (QED) is 0.588. The molecule has 0 radical (unpaired) electrons. The molecule has 136 valence electrons. The first-order valence-corrected chi connectivity index (χ1v) is 9.12. The lowest BCUT2D eigenvalue weighted by Gasteiger charge is -2.31. The van der Waals surface area contributed by atoms with Gasteiger partial charge in [0.25, 0.3) is 17.3 Å². The Morgan fingerprint density at radius 1 is 1.20 bits per heavy atom. The Morgan fingerprint density at radius 3 is 2.24 bits per heavy atom. The largest absolute Gasteiger partial charge is 0.348 e. The molecule has 0 bridgehead atoms. The molecule has 0 aromatic heterocycles. The summed E-state index contributed by atoms with van der Waals surface area (Å²) in [7, 11) is -3.39. The summed E-state index contributed by atoms with van der Waals surface area (Å²) in [6.07, 6.45) is 2.16. The number of piperidine rings is 1. The highest BCUT2D eigenvalue weighted by atomic mass is 32.2. The molecule has 12 heteroatoms. The molecule has 1 amide bonds. The minimum Gasteiger partial charge on any atom is -0.348 e. The van der Waals surface area contributed by atoms with Gasteiger partial charge in [-0.3, -0.25) is 25.0 Å². The first-order chi connectivity index (χ1) is 11.6. The highest BCUT2D eigenvalue weighted by Crippen LogP contribution is 2.23. The number of carbonyl (C=O) groups excluding carboxylic acids is 1. The van der Waals surface area contributed by atoms with E-state index in [1.165, 1.54) is 4.31 Å². The van der Waals surface area contributed by atoms with Gasteiger partial charge in [0.1, 0.15) is 0 Å². The number of nitro benzene ring substituents is 2. The molecule has 1 heterocycles. The SMILES string of the molecule is CS(=O)(=O)N1CCCC(NC(=O)c2cc([N+](=O)[O-])cc([N+](=O)[O-])c2)C1. The van der Waals surface area contributed by atoms with Gasteiger partial charge in [-0.15, -0.1) is 0 Å². The molecule has 1 aliphatic rings. The number of nitrogens with one attached hydrogen (secondary N) is 1. The fourth-order valence-corrected chi connectivity index (χ4v) is 3.48. The molecule has 0 saturated carbocycles. The normalized spacial score (nSPS) is 18.5. The van der Waals surface area contributed by atoms with Gasteiger partial charge in [-0.2, -0.15) is 0 Å². The Labute approximate surface area is 143 Å². The van der Waals surface area contributed by atoms with Gasteiger partial charge in [0, 0.05) is 31.3 Å². The Kier molecular flexibility index (Phi) is 5.33. The molecule has 0 spiro atoms. The van der Waals surface area contributed by atoms with Gasteiger partial charge in [0.05, 0.1) is 27.7 Å². The number of nitrogens with zero attached hydrogens (tertiary/aromatic N) is 3. The van der Waals surface area contributed by atoms with Gasteiger partial charge in [0.2, 0.25) is 10.0 Å². The average molecular weight is 372 g/mol. The number of sulfonamides is 1. The molecule has 1 aromatic rings. The third-order valence-electron chi connectivity index (χ3n) is 3.77. The first-order valence-electron chi connectivity index (χ1n) is 7.28. The van der Waals surface area contributed by atoms with Crippen molar-refractivity contribution in [3.63, 3.8) is 0 Å². The fraction of sp³-hybridized carbons (Fsp3) is 0.462. The van der Waals surface area contributed by atoms with Crippen molar-refractivity contribution in [1.29, 1.82) is 0 Å². The molecule has 1 atom stereocenters. The predicted molar refractivity (Wildman–Crippen MR) is 86.7 cm³/mol. The molecular weight excluding hydrogens is 356 g/mol. The molecule has 1 fully saturated rings. The number of nitro groups is 2. The zero-order valence-electron chi connectivity index (χ0n) is 13.2. The predicted octanol–water partition coefficient (Wildman–Crippen LogP) is 0.657. The van der Waals surface area contributed by atoms with Gasteiger partial charge in [-0.25, -0.2) is 12.7 Å². The minimum absolute atomic E-state index is 0.0849. The Morgan fingerprint density at radius 2 is 1.76 bits per heavy atom. The van der Waals surface area contributed by atoms with Gasteiger partial charge >= 0.3 is 0 Å². The molecule has 1 aliphatic heterocycles. The van der Waals surface area contributed by atoms with Crippen LogP contribution in [-0.4, -0.2) is 53.9 Å². The lowest BCUT2D eigenvalue weighted by Crippen LogP contribution is -2.49. The van der Waals surface area contributed by atoms with Crippen molar-refractivity contribution in [3.8, 4) is 0 Å². The van der Waals surface area contributed by atoms with Gasteiger partial charge < -0.3 is 5.32 Å². The molecule has 11 nitrogen and oxygen atoms in total. The van der Waals surface area contributed by atoms with Crippen molar-refractivity contribution in [1.82, 2.24) is 9.62 Å². The second-order valence-corrected chi connectivity index (χ2v) is 7.67. The zero-order valence-corrected chi connectivity index (χ0v) is 14.1. The monoisotopic (exact) mass is 372 g/mol. The van der Waals surface area contributed by atoms with Gasteiger partial charge in [0.15, 0.2) is 0 Å². The number of hydrogen-bond acceptors (Lipinski definition) is 7. The maximum absolute atomic E-state index is 12.3. The van der Waals surface area contributed by atoms with Crippen LogP contribution >= 0.6 is 0 Å². The summed E-state index contributed by atoms with van der Waals surface area (Å²) in [6, 6.07) is 2.18. The van der Waals surface area contributed by atoms with Crippen molar-refractivity contribution in [3.05, 3.63) is 44.0 Å². The van der Waals surface area contributed by atoms with E-state index in [0.717, 1.165) is 24.5 Å². The van der Waals surface area contributed by atoms with Gasteiger partial charge in [-0.05, 0) is 12.8 Å². The number of non-ortho nitro benzene ring substituents is 2. The van der Waals surface area contributed by atoms with Crippen molar-refractivity contribution in [2.24, 2.45) is 0 Å². The molecule has 1 saturated heterocycles. The maximum atomic E-state index is 12.3. The molecule has 1 N–H and O–H groups in total.